The summed E-state index contributed by atoms with van der Waals surface area (Å²) in [7, 11) is 1.53. The molecule has 2 amide bonds. The number of rotatable bonds is 4. The number of carbonyl (C=O) groups excluding carboxylic acids is 2. The normalized spacial score (nSPS) is 18.3. The minimum absolute atomic E-state index is 0.250. The van der Waals surface area contributed by atoms with Crippen LogP contribution in [0.3, 0.4) is 0 Å². The maximum atomic E-state index is 13.0. The van der Waals surface area contributed by atoms with E-state index in [9.17, 15) is 27.9 Å². The minimum Gasteiger partial charge on any atom is -0.497 e. The number of methoxy groups -OCH3 is 1. The molecule has 2 aromatic carbocycles. The maximum absolute atomic E-state index is 13.0. The molecule has 0 heterocycles. The molecule has 30 heavy (non-hydrogen) atoms. The van der Waals surface area contributed by atoms with Gasteiger partial charge in [-0.3, -0.25) is 9.59 Å². The summed E-state index contributed by atoms with van der Waals surface area (Å²) in [6, 6.07) is 9.58. The fraction of sp³-hybridized carbons (Fsp3) is 0.333. The zero-order chi connectivity index (χ0) is 21.9. The molecule has 0 saturated carbocycles. The molecule has 9 heteroatoms. The molecule has 0 bridgehead atoms. The summed E-state index contributed by atoms with van der Waals surface area (Å²) in [5.41, 5.74) is -1.46. The van der Waals surface area contributed by atoms with Gasteiger partial charge in [0.05, 0.1) is 24.9 Å². The fourth-order valence-corrected chi connectivity index (χ4v) is 3.57. The van der Waals surface area contributed by atoms with Crippen molar-refractivity contribution in [1.29, 1.82) is 0 Å². The first-order chi connectivity index (χ1) is 14.1. The molecule has 1 aliphatic rings. The highest BCUT2D eigenvalue weighted by atomic mass is 19.4. The second-order valence-corrected chi connectivity index (χ2v) is 7.09. The Bertz CT molecular complexity index is 962. The number of amides is 2. The molecular formula is C21H21F3N2O4. The quantitative estimate of drug-likeness (QED) is 0.661. The number of hydrogen-bond donors (Lipinski definition) is 3. The Morgan fingerprint density at radius 1 is 1.17 bits per heavy atom. The van der Waals surface area contributed by atoms with Crippen LogP contribution in [0.2, 0.25) is 0 Å². The summed E-state index contributed by atoms with van der Waals surface area (Å²) < 4.78 is 44.3. The largest absolute Gasteiger partial charge is 0.497 e. The van der Waals surface area contributed by atoms with Crippen molar-refractivity contribution in [3.05, 3.63) is 59.2 Å². The molecule has 0 spiro atoms. The molecule has 3 rings (SSSR count). The molecule has 1 unspecified atom stereocenters. The third-order valence-corrected chi connectivity index (χ3v) is 5.08. The number of para-hydroxylation sites is 1. The lowest BCUT2D eigenvalue weighted by molar-refractivity contribution is -0.138. The van der Waals surface area contributed by atoms with Crippen molar-refractivity contribution in [3.8, 4) is 5.75 Å². The minimum atomic E-state index is -4.68. The van der Waals surface area contributed by atoms with Gasteiger partial charge in [0.2, 0.25) is 0 Å². The Morgan fingerprint density at radius 3 is 2.60 bits per heavy atom. The summed E-state index contributed by atoms with van der Waals surface area (Å²) >= 11 is 0. The van der Waals surface area contributed by atoms with E-state index in [1.165, 1.54) is 19.2 Å². The molecule has 6 nitrogen and oxygen atoms in total. The number of ether oxygens (including phenoxy) is 1. The van der Waals surface area contributed by atoms with Gasteiger partial charge >= 0.3 is 18.0 Å². The third-order valence-electron chi connectivity index (χ3n) is 5.08. The molecule has 1 aliphatic carbocycles. The van der Waals surface area contributed by atoms with E-state index in [4.69, 9.17) is 4.74 Å². The molecule has 0 radical (unpaired) electrons. The summed E-state index contributed by atoms with van der Waals surface area (Å²) in [6.07, 6.45) is -2.91. The van der Waals surface area contributed by atoms with Crippen LogP contribution in [-0.2, 0) is 27.8 Å². The molecule has 2 aromatic rings. The molecular weight excluding hydrogens is 401 g/mol. The Balaban J connectivity index is 1.69. The monoisotopic (exact) mass is 422 g/mol. The van der Waals surface area contributed by atoms with Crippen molar-refractivity contribution in [2.75, 3.05) is 19.0 Å². The first-order valence-electron chi connectivity index (χ1n) is 9.29. The Kier molecular flexibility index (Phi) is 6.02. The highest BCUT2D eigenvalue weighted by Crippen LogP contribution is 2.37. The van der Waals surface area contributed by atoms with Crippen molar-refractivity contribution < 1.29 is 32.6 Å². The molecule has 0 aliphatic heterocycles. The van der Waals surface area contributed by atoms with Crippen LogP contribution in [0.5, 0.6) is 5.75 Å². The molecule has 0 fully saturated rings. The van der Waals surface area contributed by atoms with Gasteiger partial charge in [-0.25, -0.2) is 0 Å². The van der Waals surface area contributed by atoms with Crippen LogP contribution in [0.1, 0.15) is 29.5 Å². The smallest absolute Gasteiger partial charge is 0.418 e. The first-order valence-corrected chi connectivity index (χ1v) is 9.29. The Hall–Kier alpha value is -3.07. The highest BCUT2D eigenvalue weighted by molar-refractivity contribution is 6.39. The van der Waals surface area contributed by atoms with Crippen LogP contribution in [0.4, 0.5) is 18.9 Å². The van der Waals surface area contributed by atoms with Gasteiger partial charge in [0.25, 0.3) is 0 Å². The van der Waals surface area contributed by atoms with Gasteiger partial charge < -0.3 is 20.5 Å². The average Bonchev–Trinajstić information content (AvgIpc) is 2.71. The number of nitrogens with one attached hydrogen (secondary N) is 2. The van der Waals surface area contributed by atoms with E-state index < -0.39 is 34.8 Å². The van der Waals surface area contributed by atoms with Crippen molar-refractivity contribution in [1.82, 2.24) is 5.32 Å². The number of fused-ring (bicyclic) bond motifs is 1. The van der Waals surface area contributed by atoms with Gasteiger partial charge in [-0.2, -0.15) is 13.2 Å². The number of alkyl halides is 3. The molecule has 1 atom stereocenters. The fourth-order valence-electron chi connectivity index (χ4n) is 3.57. The van der Waals surface area contributed by atoms with Crippen LogP contribution in [0, 0.1) is 0 Å². The number of anilines is 1. The molecule has 0 saturated heterocycles. The van der Waals surface area contributed by atoms with Gasteiger partial charge in [0.1, 0.15) is 11.4 Å². The molecule has 0 aromatic heterocycles. The first kappa shape index (κ1) is 21.6. The maximum Gasteiger partial charge on any atom is 0.418 e. The van der Waals surface area contributed by atoms with E-state index in [2.05, 4.69) is 5.32 Å². The van der Waals surface area contributed by atoms with Gasteiger partial charge in [-0.15, -0.1) is 0 Å². The van der Waals surface area contributed by atoms with E-state index in [1.807, 2.05) is 11.4 Å². The summed E-state index contributed by atoms with van der Waals surface area (Å²) in [5, 5.41) is 15.3. The number of benzene rings is 2. The zero-order valence-corrected chi connectivity index (χ0v) is 16.2. The second kappa shape index (κ2) is 8.35. The predicted molar refractivity (Wildman–Crippen MR) is 103 cm³/mol. The lowest BCUT2D eigenvalue weighted by Crippen LogP contribution is -2.46. The average molecular weight is 422 g/mol. The van der Waals surface area contributed by atoms with Crippen LogP contribution in [0.15, 0.2) is 42.5 Å². The molecule has 160 valence electrons. The van der Waals surface area contributed by atoms with Gasteiger partial charge in [0, 0.05) is 0 Å². The van der Waals surface area contributed by atoms with Crippen LogP contribution in [-0.4, -0.2) is 30.6 Å². The summed E-state index contributed by atoms with van der Waals surface area (Å²) in [6.45, 7) is -0.250. The van der Waals surface area contributed by atoms with Crippen molar-refractivity contribution in [3.63, 3.8) is 0 Å². The van der Waals surface area contributed by atoms with E-state index in [0.717, 1.165) is 24.1 Å². The van der Waals surface area contributed by atoms with Gasteiger partial charge in [-0.1, -0.05) is 18.2 Å². The van der Waals surface area contributed by atoms with E-state index in [0.29, 0.717) is 24.2 Å². The number of aliphatic hydroxyl groups is 1. The van der Waals surface area contributed by atoms with Gasteiger partial charge in [0.15, 0.2) is 0 Å². The second-order valence-electron chi connectivity index (χ2n) is 7.09. The van der Waals surface area contributed by atoms with E-state index >= 15 is 0 Å². The lowest BCUT2D eigenvalue weighted by atomic mass is 9.79. The Morgan fingerprint density at radius 2 is 1.90 bits per heavy atom. The van der Waals surface area contributed by atoms with Crippen molar-refractivity contribution in [2.45, 2.75) is 31.0 Å². The topological polar surface area (TPSA) is 87.7 Å². The van der Waals surface area contributed by atoms with Crippen LogP contribution < -0.4 is 15.4 Å². The standard InChI is InChI=1S/C21H21F3N2O4/c1-30-14-8-9-15-13(11-14)5-4-10-20(15,29)12-25-18(27)19(28)26-17-7-3-2-6-16(17)21(22,23)24/h2-3,6-9,11,29H,4-5,10,12H2,1H3,(H,25,27)(H,26,28). The number of aryl methyl sites for hydroxylation is 1. The van der Waals surface area contributed by atoms with E-state index in [-0.39, 0.29) is 6.54 Å². The summed E-state index contributed by atoms with van der Waals surface area (Å²) in [4.78, 5) is 24.3. The third kappa shape index (κ3) is 4.56. The predicted octanol–water partition coefficient (Wildman–Crippen LogP) is 2.99. The molecule has 3 N–H and O–H groups in total. The van der Waals surface area contributed by atoms with Crippen molar-refractivity contribution in [2.24, 2.45) is 0 Å². The van der Waals surface area contributed by atoms with Crippen molar-refractivity contribution >= 4 is 17.5 Å². The Labute approximate surface area is 171 Å². The summed E-state index contributed by atoms with van der Waals surface area (Å²) in [5.74, 6) is -1.74. The lowest BCUT2D eigenvalue weighted by Gasteiger charge is -2.34. The zero-order valence-electron chi connectivity index (χ0n) is 16.2. The van der Waals surface area contributed by atoms with Crippen LogP contribution >= 0.6 is 0 Å². The SMILES string of the molecule is COc1ccc2c(c1)CCCC2(O)CNC(=O)C(=O)Nc1ccccc1C(F)(F)F. The number of hydrogen-bond acceptors (Lipinski definition) is 4. The van der Waals surface area contributed by atoms with E-state index in [1.54, 1.807) is 12.1 Å². The number of halogens is 3. The number of carbonyl (C=O) groups is 2. The van der Waals surface area contributed by atoms with Crippen LogP contribution in [0.25, 0.3) is 0 Å². The van der Waals surface area contributed by atoms with Gasteiger partial charge in [-0.05, 0) is 54.7 Å². The highest BCUT2D eigenvalue weighted by Gasteiger charge is 2.36.